The lowest BCUT2D eigenvalue weighted by molar-refractivity contribution is -0.303. The lowest BCUT2D eigenvalue weighted by Gasteiger charge is -2.40. The zero-order valence-corrected chi connectivity index (χ0v) is 35.1. The molecule has 11 heteroatoms. The minimum Gasteiger partial charge on any atom is -0.394 e. The Balaban J connectivity index is 2.54. The summed E-state index contributed by atoms with van der Waals surface area (Å²) in [4.78, 5) is 13.0. The van der Waals surface area contributed by atoms with Crippen molar-refractivity contribution in [2.75, 3.05) is 13.2 Å². The molecule has 1 saturated heterocycles. The summed E-state index contributed by atoms with van der Waals surface area (Å²) in [5, 5.41) is 75.3. The van der Waals surface area contributed by atoms with Gasteiger partial charge in [0.15, 0.2) is 6.29 Å². The summed E-state index contributed by atoms with van der Waals surface area (Å²) < 4.78 is 11.0. The van der Waals surface area contributed by atoms with Crippen molar-refractivity contribution < 1.29 is 50.0 Å². The molecule has 9 atom stereocenters. The van der Waals surface area contributed by atoms with Gasteiger partial charge in [-0.15, -0.1) is 0 Å². The summed E-state index contributed by atoms with van der Waals surface area (Å²) in [6.07, 6.45) is 27.9. The van der Waals surface area contributed by atoms with Gasteiger partial charge in [0.25, 0.3) is 0 Å². The fourth-order valence-electron chi connectivity index (χ4n) is 6.89. The van der Waals surface area contributed by atoms with Gasteiger partial charge in [-0.3, -0.25) is 4.79 Å². The predicted molar refractivity (Wildman–Crippen MR) is 224 cm³/mol. The van der Waals surface area contributed by atoms with Crippen LogP contribution in [0.25, 0.3) is 0 Å². The van der Waals surface area contributed by atoms with Crippen LogP contribution < -0.4 is 5.32 Å². The number of hydrogen-bond donors (Lipinski definition) is 8. The summed E-state index contributed by atoms with van der Waals surface area (Å²) in [6.45, 7) is 3.36. The third-order valence-corrected chi connectivity index (χ3v) is 10.7. The maximum atomic E-state index is 13.0. The van der Waals surface area contributed by atoms with E-state index < -0.39 is 74.2 Å². The van der Waals surface area contributed by atoms with Gasteiger partial charge in [0.1, 0.15) is 36.6 Å². The fraction of sp³-hybridized carbons (Fsp3) is 0.844. The Morgan fingerprint density at radius 2 is 1.12 bits per heavy atom. The quantitative estimate of drug-likeness (QED) is 0.0247. The molecular formula is C45H83NO10. The van der Waals surface area contributed by atoms with Crippen LogP contribution in [0.3, 0.4) is 0 Å². The average molecular weight is 798 g/mol. The first-order valence-electron chi connectivity index (χ1n) is 22.4. The molecule has 1 rings (SSSR count). The highest BCUT2D eigenvalue weighted by Crippen LogP contribution is 2.23. The summed E-state index contributed by atoms with van der Waals surface area (Å²) in [5.41, 5.74) is 0. The van der Waals surface area contributed by atoms with E-state index in [1.165, 1.54) is 109 Å². The maximum Gasteiger partial charge on any atom is 0.249 e. The van der Waals surface area contributed by atoms with E-state index in [1.807, 2.05) is 6.08 Å². The Bertz CT molecular complexity index is 1010. The average Bonchev–Trinajstić information content (AvgIpc) is 3.20. The molecule has 0 aromatic heterocycles. The zero-order chi connectivity index (χ0) is 41.2. The monoisotopic (exact) mass is 798 g/mol. The number of hydrogen-bond acceptors (Lipinski definition) is 10. The Kier molecular flexibility index (Phi) is 33.0. The van der Waals surface area contributed by atoms with Crippen molar-refractivity contribution >= 4 is 5.91 Å². The van der Waals surface area contributed by atoms with Crippen molar-refractivity contribution in [3.63, 3.8) is 0 Å². The van der Waals surface area contributed by atoms with Gasteiger partial charge in [0.05, 0.1) is 25.4 Å². The largest absolute Gasteiger partial charge is 0.394 e. The Morgan fingerprint density at radius 3 is 1.66 bits per heavy atom. The number of rotatable bonds is 36. The second kappa shape index (κ2) is 35.3. The normalized spacial score (nSPS) is 22.6. The first kappa shape index (κ1) is 52.3. The van der Waals surface area contributed by atoms with Crippen LogP contribution in [0.5, 0.6) is 0 Å². The predicted octanol–water partition coefficient (Wildman–Crippen LogP) is 6.83. The van der Waals surface area contributed by atoms with Crippen LogP contribution in [0.2, 0.25) is 0 Å². The fourth-order valence-corrected chi connectivity index (χ4v) is 6.89. The molecule has 0 aliphatic carbocycles. The van der Waals surface area contributed by atoms with E-state index in [9.17, 15) is 40.5 Å². The molecule has 9 unspecified atom stereocenters. The van der Waals surface area contributed by atoms with Gasteiger partial charge < -0.3 is 50.5 Å². The Morgan fingerprint density at radius 1 is 0.643 bits per heavy atom. The summed E-state index contributed by atoms with van der Waals surface area (Å²) >= 11 is 0. The highest BCUT2D eigenvalue weighted by molar-refractivity contribution is 5.81. The molecule has 1 heterocycles. The van der Waals surface area contributed by atoms with Crippen LogP contribution in [-0.4, -0.2) is 110 Å². The highest BCUT2D eigenvalue weighted by atomic mass is 16.7. The number of amides is 1. The van der Waals surface area contributed by atoms with Crippen molar-refractivity contribution in [2.45, 2.75) is 229 Å². The number of ether oxygens (including phenoxy) is 2. The van der Waals surface area contributed by atoms with Gasteiger partial charge in [-0.1, -0.05) is 153 Å². The summed E-state index contributed by atoms with van der Waals surface area (Å²) in [6, 6.07) is -1.21. The first-order valence-corrected chi connectivity index (χ1v) is 22.4. The molecule has 8 N–H and O–H groups in total. The minimum absolute atomic E-state index is 0.0433. The van der Waals surface area contributed by atoms with E-state index in [0.717, 1.165) is 25.7 Å². The van der Waals surface area contributed by atoms with E-state index >= 15 is 0 Å². The molecule has 0 bridgehead atoms. The maximum absolute atomic E-state index is 13.0. The molecule has 328 valence electrons. The molecule has 1 fully saturated rings. The highest BCUT2D eigenvalue weighted by Gasteiger charge is 2.44. The molecule has 0 saturated carbocycles. The second-order valence-electron chi connectivity index (χ2n) is 15.8. The van der Waals surface area contributed by atoms with Crippen LogP contribution in [0, 0.1) is 0 Å². The van der Waals surface area contributed by atoms with Crippen molar-refractivity contribution in [2.24, 2.45) is 0 Å². The van der Waals surface area contributed by atoms with Gasteiger partial charge >= 0.3 is 0 Å². The molecule has 11 nitrogen and oxygen atoms in total. The van der Waals surface area contributed by atoms with Gasteiger partial charge in [-0.25, -0.2) is 0 Å². The third kappa shape index (κ3) is 25.0. The number of allylic oxidation sites excluding steroid dienone is 5. The van der Waals surface area contributed by atoms with Gasteiger partial charge in [-0.05, 0) is 51.4 Å². The van der Waals surface area contributed by atoms with E-state index in [-0.39, 0.29) is 12.8 Å². The van der Waals surface area contributed by atoms with Gasteiger partial charge in [0.2, 0.25) is 5.91 Å². The molecule has 0 radical (unpaired) electrons. The van der Waals surface area contributed by atoms with Crippen LogP contribution >= 0.6 is 0 Å². The van der Waals surface area contributed by atoms with Crippen molar-refractivity contribution in [1.29, 1.82) is 0 Å². The van der Waals surface area contributed by atoms with Crippen LogP contribution in [0.4, 0.5) is 0 Å². The lowest BCUT2D eigenvalue weighted by Crippen LogP contribution is -2.60. The molecule has 1 aliphatic heterocycles. The first-order chi connectivity index (χ1) is 27.2. The molecule has 1 aliphatic rings. The topological polar surface area (TPSA) is 189 Å². The van der Waals surface area contributed by atoms with E-state index in [1.54, 1.807) is 6.08 Å². The minimum atomic E-state index is -1.68. The smallest absolute Gasteiger partial charge is 0.249 e. The molecule has 0 aromatic carbocycles. The molecule has 56 heavy (non-hydrogen) atoms. The van der Waals surface area contributed by atoms with Gasteiger partial charge in [0, 0.05) is 6.42 Å². The number of nitrogens with one attached hydrogen (secondary N) is 1. The molecular weight excluding hydrogens is 714 g/mol. The second-order valence-corrected chi connectivity index (χ2v) is 15.8. The number of aliphatic hydroxyl groups excluding tert-OH is 7. The third-order valence-electron chi connectivity index (χ3n) is 10.7. The molecule has 0 aromatic rings. The SMILES string of the molecule is CCCCCCCC/C=C\C/C=C\CC(O)C(=O)NC(COC1OC(CO)C(O)C(O)C1O)C(O)C(O)CCC/C=C/CCCCCCCCCCCCCC. The van der Waals surface area contributed by atoms with E-state index in [4.69, 9.17) is 9.47 Å². The lowest BCUT2D eigenvalue weighted by atomic mass is 9.99. The summed E-state index contributed by atoms with van der Waals surface area (Å²) in [7, 11) is 0. The number of carbonyl (C=O) groups is 1. The number of unbranched alkanes of at least 4 members (excludes halogenated alkanes) is 19. The standard InChI is InChI=1S/C45H83NO10/c1-3-5-7-9-11-13-15-17-18-19-20-21-23-24-26-28-30-32-37(48)40(50)36(35-55-45-43(53)42(52)41(51)39(34-47)56-45)46-44(54)38(49)33-31-29-27-25-22-16-14-12-10-8-6-4-2/h22,24-26,29,31,36-43,45,47-53H,3-21,23,27-28,30,32-35H2,1-2H3,(H,46,54)/b25-22-,26-24+,31-29-. The van der Waals surface area contributed by atoms with Crippen LogP contribution in [0.15, 0.2) is 36.5 Å². The molecule has 1 amide bonds. The van der Waals surface area contributed by atoms with Gasteiger partial charge in [-0.2, -0.15) is 0 Å². The number of carbonyl (C=O) groups excluding carboxylic acids is 1. The van der Waals surface area contributed by atoms with Crippen molar-refractivity contribution in [1.82, 2.24) is 5.32 Å². The van der Waals surface area contributed by atoms with Crippen LogP contribution in [0.1, 0.15) is 174 Å². The Hall–Kier alpha value is -1.67. The van der Waals surface area contributed by atoms with Crippen molar-refractivity contribution in [3.8, 4) is 0 Å². The van der Waals surface area contributed by atoms with E-state index in [2.05, 4.69) is 43.5 Å². The zero-order valence-electron chi connectivity index (χ0n) is 35.1. The number of aliphatic hydroxyl groups is 7. The van der Waals surface area contributed by atoms with E-state index in [0.29, 0.717) is 12.8 Å². The van der Waals surface area contributed by atoms with Crippen LogP contribution in [-0.2, 0) is 14.3 Å². The Labute approximate surface area is 339 Å². The van der Waals surface area contributed by atoms with Crippen molar-refractivity contribution in [3.05, 3.63) is 36.5 Å². The summed E-state index contributed by atoms with van der Waals surface area (Å²) in [5.74, 6) is -0.775. The molecule has 0 spiro atoms.